The number of aromatic carboxylic acids is 1. The van der Waals surface area contributed by atoms with E-state index in [-0.39, 0.29) is 21.5 Å². The number of halogens is 1. The summed E-state index contributed by atoms with van der Waals surface area (Å²) in [7, 11) is -3.86. The van der Waals surface area contributed by atoms with Crippen LogP contribution in [-0.4, -0.2) is 37.2 Å². The molecule has 0 amide bonds. The summed E-state index contributed by atoms with van der Waals surface area (Å²) in [6.07, 6.45) is -0.832. The lowest BCUT2D eigenvalue weighted by molar-refractivity contribution is 0.0696. The van der Waals surface area contributed by atoms with Crippen molar-refractivity contribution in [1.29, 1.82) is 0 Å². The molecule has 1 rings (SSSR count). The van der Waals surface area contributed by atoms with Gasteiger partial charge < -0.3 is 10.2 Å². The summed E-state index contributed by atoms with van der Waals surface area (Å²) < 4.78 is 26.2. The fraction of sp³-hybridized carbons (Fsp3) is 0.300. The Balaban J connectivity index is 3.15. The largest absolute Gasteiger partial charge is 0.478 e. The number of hydrogen-bond donors (Lipinski definition) is 3. The molecule has 1 aromatic carbocycles. The van der Waals surface area contributed by atoms with Gasteiger partial charge in [-0.1, -0.05) is 0 Å². The SMILES string of the molecule is CC(O)CNS(=O)(=O)c1cc(C(=O)O)ccc1Br. The standard InChI is InChI=1S/C10H12BrNO5S/c1-6(13)5-12-18(16,17)9-4-7(10(14)15)2-3-8(9)11/h2-4,6,12-13H,5H2,1H3,(H,14,15). The molecule has 8 heteroatoms. The number of sulfonamides is 1. The monoisotopic (exact) mass is 337 g/mol. The van der Waals surface area contributed by atoms with E-state index in [0.29, 0.717) is 0 Å². The highest BCUT2D eigenvalue weighted by Gasteiger charge is 2.19. The predicted molar refractivity (Wildman–Crippen MR) is 68.0 cm³/mol. The van der Waals surface area contributed by atoms with Crippen molar-refractivity contribution in [2.75, 3.05) is 6.54 Å². The van der Waals surface area contributed by atoms with Gasteiger partial charge in [0.25, 0.3) is 0 Å². The summed E-state index contributed by atoms with van der Waals surface area (Å²) in [6, 6.07) is 3.69. The summed E-state index contributed by atoms with van der Waals surface area (Å²) in [6.45, 7) is 1.29. The van der Waals surface area contributed by atoms with Crippen LogP contribution in [0.2, 0.25) is 0 Å². The van der Waals surface area contributed by atoms with Gasteiger partial charge in [0.2, 0.25) is 10.0 Å². The summed E-state index contributed by atoms with van der Waals surface area (Å²) in [5, 5.41) is 17.9. The second-order valence-electron chi connectivity index (χ2n) is 3.65. The van der Waals surface area contributed by atoms with Gasteiger partial charge in [-0.2, -0.15) is 0 Å². The maximum Gasteiger partial charge on any atom is 0.335 e. The van der Waals surface area contributed by atoms with Crippen molar-refractivity contribution in [3.63, 3.8) is 0 Å². The molecule has 1 atom stereocenters. The third kappa shape index (κ3) is 3.77. The molecule has 18 heavy (non-hydrogen) atoms. The van der Waals surface area contributed by atoms with E-state index in [1.807, 2.05) is 0 Å². The smallest absolute Gasteiger partial charge is 0.335 e. The molecule has 1 unspecified atom stereocenters. The number of hydrogen-bond acceptors (Lipinski definition) is 4. The zero-order valence-electron chi connectivity index (χ0n) is 9.42. The number of benzene rings is 1. The second kappa shape index (κ2) is 5.79. The number of aliphatic hydroxyl groups is 1. The minimum atomic E-state index is -3.86. The van der Waals surface area contributed by atoms with Crippen LogP contribution in [0, 0.1) is 0 Å². The fourth-order valence-corrected chi connectivity index (χ4v) is 3.26. The Hall–Kier alpha value is -0.960. The lowest BCUT2D eigenvalue weighted by Gasteiger charge is -2.10. The van der Waals surface area contributed by atoms with E-state index in [0.717, 1.165) is 6.07 Å². The average molecular weight is 338 g/mol. The van der Waals surface area contributed by atoms with E-state index in [9.17, 15) is 13.2 Å². The van der Waals surface area contributed by atoms with Crippen LogP contribution in [0.15, 0.2) is 27.6 Å². The highest BCUT2D eigenvalue weighted by Crippen LogP contribution is 2.23. The molecule has 0 fully saturated rings. The van der Waals surface area contributed by atoms with Gasteiger partial charge in [-0.3, -0.25) is 0 Å². The van der Waals surface area contributed by atoms with E-state index in [4.69, 9.17) is 10.2 Å². The topological polar surface area (TPSA) is 104 Å². The number of carboxylic acids is 1. The zero-order valence-corrected chi connectivity index (χ0v) is 11.8. The Kier molecular flexibility index (Phi) is 4.85. The van der Waals surface area contributed by atoms with E-state index in [2.05, 4.69) is 20.7 Å². The van der Waals surface area contributed by atoms with Crippen LogP contribution in [0.1, 0.15) is 17.3 Å². The van der Waals surface area contributed by atoms with Crippen LogP contribution < -0.4 is 4.72 Å². The minimum Gasteiger partial charge on any atom is -0.478 e. The van der Waals surface area contributed by atoms with Crippen LogP contribution >= 0.6 is 15.9 Å². The molecular formula is C10H12BrNO5S. The lowest BCUT2D eigenvalue weighted by Crippen LogP contribution is -2.31. The van der Waals surface area contributed by atoms with E-state index < -0.39 is 22.1 Å². The summed E-state index contributed by atoms with van der Waals surface area (Å²) in [4.78, 5) is 10.6. The fourth-order valence-electron chi connectivity index (χ4n) is 1.15. The third-order valence-electron chi connectivity index (χ3n) is 2.04. The molecule has 0 bridgehead atoms. The number of carbonyl (C=O) groups is 1. The number of carboxylic acid groups (broad SMARTS) is 1. The first-order valence-corrected chi connectivity index (χ1v) is 7.22. The van der Waals surface area contributed by atoms with Gasteiger partial charge >= 0.3 is 5.97 Å². The van der Waals surface area contributed by atoms with Crippen LogP contribution in [0.25, 0.3) is 0 Å². The van der Waals surface area contributed by atoms with Crippen molar-refractivity contribution < 1.29 is 23.4 Å². The van der Waals surface area contributed by atoms with Crippen LogP contribution in [0.4, 0.5) is 0 Å². The molecule has 0 spiro atoms. The first-order chi connectivity index (χ1) is 8.24. The van der Waals surface area contributed by atoms with E-state index >= 15 is 0 Å². The molecule has 6 nitrogen and oxygen atoms in total. The maximum absolute atomic E-state index is 11.9. The maximum atomic E-state index is 11.9. The quantitative estimate of drug-likeness (QED) is 0.737. The van der Waals surface area contributed by atoms with Crippen molar-refractivity contribution in [3.05, 3.63) is 28.2 Å². The molecule has 0 heterocycles. The molecule has 0 saturated heterocycles. The van der Waals surface area contributed by atoms with Gasteiger partial charge in [-0.15, -0.1) is 0 Å². The third-order valence-corrected chi connectivity index (χ3v) is 4.45. The zero-order chi connectivity index (χ0) is 13.9. The van der Waals surface area contributed by atoms with Crippen LogP contribution in [0.5, 0.6) is 0 Å². The number of nitrogens with one attached hydrogen (secondary N) is 1. The van der Waals surface area contributed by atoms with Gasteiger partial charge in [0.15, 0.2) is 0 Å². The predicted octanol–water partition coefficient (Wildman–Crippen LogP) is 0.806. The van der Waals surface area contributed by atoms with Gasteiger partial charge in [0.05, 0.1) is 16.6 Å². The molecule has 1 aromatic rings. The normalized spacial score (nSPS) is 13.3. The molecular weight excluding hydrogens is 326 g/mol. The first-order valence-electron chi connectivity index (χ1n) is 4.94. The highest BCUT2D eigenvalue weighted by atomic mass is 79.9. The Bertz CT molecular complexity index is 555. The Morgan fingerprint density at radius 2 is 2.11 bits per heavy atom. The second-order valence-corrected chi connectivity index (χ2v) is 6.24. The molecule has 0 aliphatic heterocycles. The van der Waals surface area contributed by atoms with Gasteiger partial charge in [-0.25, -0.2) is 17.9 Å². The van der Waals surface area contributed by atoms with Gasteiger partial charge in [-0.05, 0) is 41.1 Å². The van der Waals surface area contributed by atoms with Crippen LogP contribution in [-0.2, 0) is 10.0 Å². The molecule has 100 valence electrons. The molecule has 0 radical (unpaired) electrons. The molecule has 0 saturated carbocycles. The van der Waals surface area contributed by atoms with Crippen molar-refractivity contribution in [2.24, 2.45) is 0 Å². The first kappa shape index (κ1) is 15.1. The van der Waals surface area contributed by atoms with Crippen molar-refractivity contribution in [1.82, 2.24) is 4.72 Å². The summed E-state index contributed by atoms with van der Waals surface area (Å²) in [5.74, 6) is -1.21. The summed E-state index contributed by atoms with van der Waals surface area (Å²) in [5.41, 5.74) is -0.129. The highest BCUT2D eigenvalue weighted by molar-refractivity contribution is 9.10. The minimum absolute atomic E-state index is 0.129. The van der Waals surface area contributed by atoms with Crippen molar-refractivity contribution in [3.8, 4) is 0 Å². The number of aliphatic hydroxyl groups excluding tert-OH is 1. The van der Waals surface area contributed by atoms with Crippen molar-refractivity contribution >= 4 is 31.9 Å². The Morgan fingerprint density at radius 1 is 1.50 bits per heavy atom. The summed E-state index contributed by atoms with van der Waals surface area (Å²) >= 11 is 3.05. The van der Waals surface area contributed by atoms with Crippen molar-refractivity contribution in [2.45, 2.75) is 17.9 Å². The molecule has 0 aromatic heterocycles. The van der Waals surface area contributed by atoms with Gasteiger partial charge in [0, 0.05) is 11.0 Å². The van der Waals surface area contributed by atoms with Crippen LogP contribution in [0.3, 0.4) is 0 Å². The molecule has 0 aliphatic carbocycles. The Labute approximate surface area is 113 Å². The average Bonchev–Trinajstić information content (AvgIpc) is 2.26. The lowest BCUT2D eigenvalue weighted by atomic mass is 10.2. The molecule has 0 aliphatic rings. The number of rotatable bonds is 5. The van der Waals surface area contributed by atoms with Gasteiger partial charge in [0.1, 0.15) is 0 Å². The molecule has 3 N–H and O–H groups in total. The van der Waals surface area contributed by atoms with E-state index in [1.54, 1.807) is 0 Å². The Morgan fingerprint density at radius 3 is 2.61 bits per heavy atom. The van der Waals surface area contributed by atoms with E-state index in [1.165, 1.54) is 19.1 Å².